The number of unbranched alkanes of at least 4 members (excludes halogenated alkanes) is 1. The van der Waals surface area contributed by atoms with E-state index in [9.17, 15) is 0 Å². The average molecular weight is 300 g/mol. The Bertz CT molecular complexity index is 364. The maximum Gasteiger partial charge on any atom is 0.140 e. The molecule has 0 atom stereocenters. The fraction of sp³-hybridized carbons (Fsp3) is 0.615. The van der Waals surface area contributed by atoms with Crippen molar-refractivity contribution in [1.29, 1.82) is 0 Å². The van der Waals surface area contributed by atoms with E-state index in [1.165, 1.54) is 19.3 Å². The predicted molar refractivity (Wildman–Crippen MR) is 78.3 cm³/mol. The number of nitrogens with zero attached hydrogens (tertiary/aromatic N) is 1. The first-order valence-electron chi connectivity index (χ1n) is 6.16. The number of hydrogen-bond acceptors (Lipinski definition) is 3. The normalized spacial score (nSPS) is 10.9. The number of nitrogen functional groups attached to an aromatic ring is 1. The Hall–Kier alpha value is -0.770. The summed E-state index contributed by atoms with van der Waals surface area (Å²) < 4.78 is 0.973. The van der Waals surface area contributed by atoms with Crippen molar-refractivity contribution < 1.29 is 0 Å². The fourth-order valence-corrected chi connectivity index (χ4v) is 2.07. The summed E-state index contributed by atoms with van der Waals surface area (Å²) in [5.41, 5.74) is 7.55. The smallest absolute Gasteiger partial charge is 0.140 e. The Labute approximate surface area is 112 Å². The van der Waals surface area contributed by atoms with Crippen LogP contribution in [0.4, 0.5) is 11.5 Å². The van der Waals surface area contributed by atoms with Crippen molar-refractivity contribution in [2.24, 2.45) is 5.92 Å². The van der Waals surface area contributed by atoms with E-state index < -0.39 is 0 Å². The molecule has 0 fully saturated rings. The maximum atomic E-state index is 5.78. The number of rotatable bonds is 6. The van der Waals surface area contributed by atoms with Crippen molar-refractivity contribution in [3.05, 3.63) is 16.2 Å². The van der Waals surface area contributed by atoms with Crippen molar-refractivity contribution in [3.63, 3.8) is 0 Å². The fourth-order valence-electron chi connectivity index (χ4n) is 1.60. The molecular formula is C13H22BrN3. The van der Waals surface area contributed by atoms with Crippen LogP contribution in [0, 0.1) is 12.8 Å². The highest BCUT2D eigenvalue weighted by Gasteiger charge is 2.06. The average Bonchev–Trinajstić information content (AvgIpc) is 2.28. The van der Waals surface area contributed by atoms with Crippen LogP contribution < -0.4 is 11.1 Å². The van der Waals surface area contributed by atoms with Gasteiger partial charge in [0.2, 0.25) is 0 Å². The number of nitrogens with one attached hydrogen (secondary N) is 1. The van der Waals surface area contributed by atoms with Crippen molar-refractivity contribution in [1.82, 2.24) is 4.98 Å². The van der Waals surface area contributed by atoms with Gasteiger partial charge in [-0.05, 0) is 40.8 Å². The lowest BCUT2D eigenvalue weighted by Crippen LogP contribution is -2.06. The van der Waals surface area contributed by atoms with Crippen LogP contribution in [0.1, 0.15) is 38.7 Å². The zero-order chi connectivity index (χ0) is 12.8. The Morgan fingerprint density at radius 2 is 2.12 bits per heavy atom. The molecule has 0 amide bonds. The van der Waals surface area contributed by atoms with E-state index in [1.807, 2.05) is 6.92 Å². The van der Waals surface area contributed by atoms with Crippen molar-refractivity contribution in [2.75, 3.05) is 17.6 Å². The SMILES string of the molecule is Cc1c(N)cnc(NCCCCC(C)C)c1Br. The molecule has 3 nitrogen and oxygen atoms in total. The third kappa shape index (κ3) is 4.54. The van der Waals surface area contributed by atoms with Gasteiger partial charge in [-0.3, -0.25) is 0 Å². The lowest BCUT2D eigenvalue weighted by atomic mass is 10.1. The zero-order valence-corrected chi connectivity index (χ0v) is 12.5. The summed E-state index contributed by atoms with van der Waals surface area (Å²) >= 11 is 3.52. The summed E-state index contributed by atoms with van der Waals surface area (Å²) in [7, 11) is 0. The molecule has 0 aliphatic carbocycles. The van der Waals surface area contributed by atoms with Gasteiger partial charge in [-0.2, -0.15) is 0 Å². The van der Waals surface area contributed by atoms with Crippen LogP contribution in [0.3, 0.4) is 0 Å². The van der Waals surface area contributed by atoms with E-state index in [1.54, 1.807) is 6.20 Å². The molecule has 0 unspecified atom stereocenters. The molecule has 0 aliphatic rings. The molecule has 96 valence electrons. The predicted octanol–water partition coefficient (Wildman–Crippen LogP) is 3.97. The highest BCUT2D eigenvalue weighted by molar-refractivity contribution is 9.10. The van der Waals surface area contributed by atoms with Crippen LogP contribution in [0.5, 0.6) is 0 Å². The first-order valence-corrected chi connectivity index (χ1v) is 6.96. The summed E-state index contributed by atoms with van der Waals surface area (Å²) in [6.07, 6.45) is 5.43. The van der Waals surface area contributed by atoms with Gasteiger partial charge in [-0.15, -0.1) is 0 Å². The minimum Gasteiger partial charge on any atom is -0.397 e. The Morgan fingerprint density at radius 3 is 2.76 bits per heavy atom. The molecule has 1 heterocycles. The lowest BCUT2D eigenvalue weighted by molar-refractivity contribution is 0.544. The molecule has 0 bridgehead atoms. The largest absolute Gasteiger partial charge is 0.397 e. The van der Waals surface area contributed by atoms with Gasteiger partial charge in [0.1, 0.15) is 5.82 Å². The molecule has 17 heavy (non-hydrogen) atoms. The second-order valence-corrected chi connectivity index (χ2v) is 5.61. The molecule has 0 saturated heterocycles. The van der Waals surface area contributed by atoms with Gasteiger partial charge in [0.25, 0.3) is 0 Å². The van der Waals surface area contributed by atoms with E-state index in [-0.39, 0.29) is 0 Å². The Morgan fingerprint density at radius 1 is 1.41 bits per heavy atom. The lowest BCUT2D eigenvalue weighted by Gasteiger charge is -2.11. The molecule has 0 aromatic carbocycles. The first kappa shape index (κ1) is 14.3. The van der Waals surface area contributed by atoms with Gasteiger partial charge in [0.05, 0.1) is 16.4 Å². The van der Waals surface area contributed by atoms with Gasteiger partial charge >= 0.3 is 0 Å². The molecular weight excluding hydrogens is 278 g/mol. The van der Waals surface area contributed by atoms with Gasteiger partial charge in [0, 0.05) is 6.54 Å². The van der Waals surface area contributed by atoms with E-state index in [4.69, 9.17) is 5.73 Å². The Balaban J connectivity index is 2.40. The number of nitrogens with two attached hydrogens (primary N) is 1. The highest BCUT2D eigenvalue weighted by Crippen LogP contribution is 2.27. The van der Waals surface area contributed by atoms with Crippen LogP contribution >= 0.6 is 15.9 Å². The maximum absolute atomic E-state index is 5.78. The summed E-state index contributed by atoms with van der Waals surface area (Å²) in [4.78, 5) is 4.29. The topological polar surface area (TPSA) is 50.9 Å². The molecule has 1 aromatic heterocycles. The molecule has 1 aromatic rings. The molecule has 4 heteroatoms. The highest BCUT2D eigenvalue weighted by atomic mass is 79.9. The molecule has 3 N–H and O–H groups in total. The molecule has 0 spiro atoms. The van der Waals surface area contributed by atoms with E-state index in [0.29, 0.717) is 0 Å². The zero-order valence-electron chi connectivity index (χ0n) is 10.9. The van der Waals surface area contributed by atoms with Crippen LogP contribution in [-0.4, -0.2) is 11.5 Å². The van der Waals surface area contributed by atoms with Gasteiger partial charge in [0.15, 0.2) is 0 Å². The number of anilines is 2. The van der Waals surface area contributed by atoms with Crippen LogP contribution in [0.25, 0.3) is 0 Å². The van der Waals surface area contributed by atoms with Crippen LogP contribution in [-0.2, 0) is 0 Å². The standard InChI is InChI=1S/C13H22BrN3/c1-9(2)6-4-5-7-16-13-12(14)10(3)11(15)8-17-13/h8-9H,4-7,15H2,1-3H3,(H,16,17). The molecule has 1 rings (SSSR count). The minimum absolute atomic E-state index is 0.724. The summed E-state index contributed by atoms with van der Waals surface area (Å²) in [6.45, 7) is 7.47. The monoisotopic (exact) mass is 299 g/mol. The van der Waals surface area contributed by atoms with E-state index in [2.05, 4.69) is 40.1 Å². The summed E-state index contributed by atoms with van der Waals surface area (Å²) in [5.74, 6) is 1.68. The van der Waals surface area contributed by atoms with Gasteiger partial charge < -0.3 is 11.1 Å². The summed E-state index contributed by atoms with van der Waals surface area (Å²) in [5, 5.41) is 3.34. The van der Waals surface area contributed by atoms with Crippen molar-refractivity contribution in [2.45, 2.75) is 40.0 Å². The molecule has 0 saturated carbocycles. The number of aromatic nitrogens is 1. The third-order valence-electron chi connectivity index (χ3n) is 2.80. The second kappa shape index (κ2) is 6.84. The minimum atomic E-state index is 0.724. The van der Waals surface area contributed by atoms with Crippen LogP contribution in [0.2, 0.25) is 0 Å². The van der Waals surface area contributed by atoms with E-state index in [0.717, 1.165) is 34.0 Å². The molecule has 0 radical (unpaired) electrons. The number of hydrogen-bond donors (Lipinski definition) is 2. The van der Waals surface area contributed by atoms with Gasteiger partial charge in [-0.25, -0.2) is 4.98 Å². The van der Waals surface area contributed by atoms with Crippen LogP contribution in [0.15, 0.2) is 10.7 Å². The quantitative estimate of drug-likeness (QED) is 0.781. The third-order valence-corrected chi connectivity index (χ3v) is 3.77. The molecule has 0 aliphatic heterocycles. The Kier molecular flexibility index (Phi) is 5.75. The number of halogens is 1. The van der Waals surface area contributed by atoms with E-state index >= 15 is 0 Å². The second-order valence-electron chi connectivity index (χ2n) is 4.82. The summed E-state index contributed by atoms with van der Waals surface area (Å²) in [6, 6.07) is 0. The van der Waals surface area contributed by atoms with Gasteiger partial charge in [-0.1, -0.05) is 26.7 Å². The first-order chi connectivity index (χ1) is 8.02. The van der Waals surface area contributed by atoms with Crippen molar-refractivity contribution in [3.8, 4) is 0 Å². The van der Waals surface area contributed by atoms with Crippen molar-refractivity contribution >= 4 is 27.4 Å². The number of pyridine rings is 1.